The molecule has 1 aliphatic rings. The van der Waals surface area contributed by atoms with Crippen LogP contribution in [0.5, 0.6) is 0 Å². The predicted molar refractivity (Wildman–Crippen MR) is 91.4 cm³/mol. The minimum absolute atomic E-state index is 0.238. The van der Waals surface area contributed by atoms with Crippen LogP contribution in [-0.2, 0) is 4.74 Å². The number of nitrogens with one attached hydrogen (secondary N) is 1. The van der Waals surface area contributed by atoms with Crippen LogP contribution < -0.4 is 5.32 Å². The number of rotatable bonds is 5. The smallest absolute Gasteiger partial charge is 0.410 e. The van der Waals surface area contributed by atoms with Gasteiger partial charge in [-0.15, -0.1) is 11.8 Å². The first-order valence-corrected chi connectivity index (χ1v) is 8.82. The molecule has 0 aromatic heterocycles. The molecule has 0 aliphatic carbocycles. The zero-order valence-corrected chi connectivity index (χ0v) is 14.7. The van der Waals surface area contributed by atoms with Gasteiger partial charge in [-0.2, -0.15) is 0 Å². The second-order valence-corrected chi connectivity index (χ2v) is 7.48. The lowest BCUT2D eigenvalue weighted by molar-refractivity contribution is 0.0261. The largest absolute Gasteiger partial charge is 0.444 e. The van der Waals surface area contributed by atoms with Crippen molar-refractivity contribution in [3.63, 3.8) is 0 Å². The van der Waals surface area contributed by atoms with Crippen molar-refractivity contribution in [2.75, 3.05) is 25.4 Å². The van der Waals surface area contributed by atoms with Gasteiger partial charge in [0.05, 0.1) is 0 Å². The number of ether oxygens (including phenoxy) is 1. The van der Waals surface area contributed by atoms with Gasteiger partial charge in [-0.25, -0.2) is 4.79 Å². The topological polar surface area (TPSA) is 41.6 Å². The van der Waals surface area contributed by atoms with Gasteiger partial charge in [-0.05, 0) is 39.3 Å². The van der Waals surface area contributed by atoms with Gasteiger partial charge in [0.1, 0.15) is 5.60 Å². The van der Waals surface area contributed by atoms with Crippen LogP contribution in [0, 0.1) is 0 Å². The second-order valence-electron chi connectivity index (χ2n) is 6.42. The molecule has 1 amide bonds. The Kier molecular flexibility index (Phi) is 5.75. The van der Waals surface area contributed by atoms with Crippen LogP contribution in [0.25, 0.3) is 0 Å². The summed E-state index contributed by atoms with van der Waals surface area (Å²) >= 11 is 1.89. The van der Waals surface area contributed by atoms with Crippen LogP contribution in [0.15, 0.2) is 29.2 Å². The number of fused-ring (bicyclic) bond motifs is 1. The number of carbonyl (C=O) groups excluding carboxylic acids is 1. The molecular formula is C17H26N2O2S. The monoisotopic (exact) mass is 322 g/mol. The molecule has 2 rings (SSSR count). The molecule has 4 nitrogen and oxygen atoms in total. The SMILES string of the molecule is CCN(CCNC1CSc2ccccc21)C(=O)OC(C)(C)C. The van der Waals surface area contributed by atoms with Crippen molar-refractivity contribution in [3.8, 4) is 0 Å². The Bertz CT molecular complexity index is 514. The van der Waals surface area contributed by atoms with Crippen LogP contribution in [0.2, 0.25) is 0 Å². The molecule has 1 aromatic carbocycles. The fourth-order valence-corrected chi connectivity index (χ4v) is 3.61. The van der Waals surface area contributed by atoms with Crippen molar-refractivity contribution in [3.05, 3.63) is 29.8 Å². The first kappa shape index (κ1) is 17.2. The summed E-state index contributed by atoms with van der Waals surface area (Å²) < 4.78 is 5.42. The van der Waals surface area contributed by atoms with E-state index in [1.165, 1.54) is 10.5 Å². The molecule has 0 saturated heterocycles. The first-order valence-electron chi connectivity index (χ1n) is 7.83. The van der Waals surface area contributed by atoms with Gasteiger partial charge in [0.25, 0.3) is 0 Å². The Morgan fingerprint density at radius 3 is 2.82 bits per heavy atom. The highest BCUT2D eigenvalue weighted by Gasteiger charge is 2.23. The molecule has 0 spiro atoms. The van der Waals surface area contributed by atoms with Gasteiger partial charge in [0, 0.05) is 36.3 Å². The van der Waals surface area contributed by atoms with Gasteiger partial charge in [0.15, 0.2) is 0 Å². The highest BCUT2D eigenvalue weighted by molar-refractivity contribution is 7.99. The average molecular weight is 322 g/mol. The molecule has 22 heavy (non-hydrogen) atoms. The molecule has 1 atom stereocenters. The maximum atomic E-state index is 12.1. The lowest BCUT2D eigenvalue weighted by Crippen LogP contribution is -2.40. The molecule has 1 aliphatic heterocycles. The Morgan fingerprint density at radius 2 is 2.14 bits per heavy atom. The van der Waals surface area contributed by atoms with E-state index in [2.05, 4.69) is 29.6 Å². The summed E-state index contributed by atoms with van der Waals surface area (Å²) in [5, 5.41) is 3.55. The molecule has 122 valence electrons. The quantitative estimate of drug-likeness (QED) is 0.898. The molecule has 0 bridgehead atoms. The summed E-state index contributed by atoms with van der Waals surface area (Å²) in [5.74, 6) is 1.05. The molecule has 0 fully saturated rings. The van der Waals surface area contributed by atoms with Crippen molar-refractivity contribution in [2.45, 2.75) is 44.2 Å². The van der Waals surface area contributed by atoms with E-state index in [9.17, 15) is 4.79 Å². The number of hydrogen-bond acceptors (Lipinski definition) is 4. The van der Waals surface area contributed by atoms with E-state index >= 15 is 0 Å². The summed E-state index contributed by atoms with van der Waals surface area (Å²) in [6, 6.07) is 8.88. The molecule has 0 radical (unpaired) electrons. The predicted octanol–water partition coefficient (Wildman–Crippen LogP) is 3.68. The van der Waals surface area contributed by atoms with E-state index in [1.807, 2.05) is 39.5 Å². The lowest BCUT2D eigenvalue weighted by atomic mass is 10.1. The van der Waals surface area contributed by atoms with E-state index in [1.54, 1.807) is 4.90 Å². The number of likely N-dealkylation sites (N-methyl/N-ethyl adjacent to an activating group) is 1. The Hall–Kier alpha value is -1.20. The molecule has 1 N–H and O–H groups in total. The van der Waals surface area contributed by atoms with Crippen LogP contribution in [0.4, 0.5) is 4.79 Å². The van der Waals surface area contributed by atoms with Crippen molar-refractivity contribution < 1.29 is 9.53 Å². The molecule has 1 aromatic rings. The minimum atomic E-state index is -0.445. The first-order chi connectivity index (χ1) is 10.4. The van der Waals surface area contributed by atoms with E-state index in [0.717, 1.165) is 12.3 Å². The third-order valence-corrected chi connectivity index (χ3v) is 4.69. The molecular weight excluding hydrogens is 296 g/mol. The third kappa shape index (κ3) is 4.65. The fraction of sp³-hybridized carbons (Fsp3) is 0.588. The maximum Gasteiger partial charge on any atom is 0.410 e. The van der Waals surface area contributed by atoms with Gasteiger partial charge in [-0.1, -0.05) is 18.2 Å². The molecule has 1 unspecified atom stereocenters. The number of nitrogens with zero attached hydrogens (tertiary/aromatic N) is 1. The van der Waals surface area contributed by atoms with Crippen molar-refractivity contribution in [2.24, 2.45) is 0 Å². The highest BCUT2D eigenvalue weighted by Crippen LogP contribution is 2.37. The van der Waals surface area contributed by atoms with Gasteiger partial charge in [-0.3, -0.25) is 0 Å². The van der Waals surface area contributed by atoms with Crippen LogP contribution in [-0.4, -0.2) is 42.0 Å². The summed E-state index contributed by atoms with van der Waals surface area (Å²) in [7, 11) is 0. The zero-order chi connectivity index (χ0) is 16.2. The van der Waals surface area contributed by atoms with Crippen LogP contribution in [0.3, 0.4) is 0 Å². The van der Waals surface area contributed by atoms with E-state index in [4.69, 9.17) is 4.74 Å². The lowest BCUT2D eigenvalue weighted by Gasteiger charge is -2.27. The van der Waals surface area contributed by atoms with Gasteiger partial charge < -0.3 is 15.0 Å². The number of carbonyl (C=O) groups is 1. The van der Waals surface area contributed by atoms with Gasteiger partial charge in [0.2, 0.25) is 0 Å². The fourth-order valence-electron chi connectivity index (χ4n) is 2.41. The van der Waals surface area contributed by atoms with Crippen molar-refractivity contribution in [1.82, 2.24) is 10.2 Å². The maximum absolute atomic E-state index is 12.1. The summed E-state index contributed by atoms with van der Waals surface area (Å²) in [4.78, 5) is 15.2. The summed E-state index contributed by atoms with van der Waals surface area (Å²) in [6.45, 7) is 9.75. The normalized spacial score (nSPS) is 17.2. The summed E-state index contributed by atoms with van der Waals surface area (Å²) in [6.07, 6.45) is -0.238. The number of amides is 1. The number of hydrogen-bond donors (Lipinski definition) is 1. The Morgan fingerprint density at radius 1 is 1.41 bits per heavy atom. The van der Waals surface area contributed by atoms with E-state index in [0.29, 0.717) is 19.1 Å². The molecule has 1 heterocycles. The standard InChI is InChI=1S/C17H26N2O2S/c1-5-19(16(20)21-17(2,3)4)11-10-18-14-12-22-15-9-7-6-8-13(14)15/h6-9,14,18H,5,10-12H2,1-4H3. The Labute approximate surface area is 137 Å². The second kappa shape index (κ2) is 7.38. The average Bonchev–Trinajstić information content (AvgIpc) is 2.85. The van der Waals surface area contributed by atoms with E-state index < -0.39 is 5.60 Å². The molecule has 0 saturated carbocycles. The minimum Gasteiger partial charge on any atom is -0.444 e. The molecule has 5 heteroatoms. The number of thioether (sulfide) groups is 1. The van der Waals surface area contributed by atoms with E-state index in [-0.39, 0.29) is 6.09 Å². The summed E-state index contributed by atoms with van der Waals surface area (Å²) in [5.41, 5.74) is 0.923. The zero-order valence-electron chi connectivity index (χ0n) is 13.9. The highest BCUT2D eigenvalue weighted by atomic mass is 32.2. The third-order valence-electron chi connectivity index (χ3n) is 3.51. The Balaban J connectivity index is 1.81. The number of benzene rings is 1. The van der Waals surface area contributed by atoms with Gasteiger partial charge >= 0.3 is 6.09 Å². The van der Waals surface area contributed by atoms with Crippen LogP contribution >= 0.6 is 11.8 Å². The van der Waals surface area contributed by atoms with Crippen molar-refractivity contribution >= 4 is 17.9 Å². The van der Waals surface area contributed by atoms with Crippen molar-refractivity contribution in [1.29, 1.82) is 0 Å². The van der Waals surface area contributed by atoms with Crippen LogP contribution in [0.1, 0.15) is 39.3 Å².